The molecule has 6 heteroatoms. The number of amides is 1. The van der Waals surface area contributed by atoms with Gasteiger partial charge in [0.15, 0.2) is 11.5 Å². The van der Waals surface area contributed by atoms with Crippen molar-refractivity contribution in [3.8, 4) is 11.5 Å². The third-order valence-electron chi connectivity index (χ3n) is 4.68. The maximum Gasteiger partial charge on any atom is 0.227 e. The van der Waals surface area contributed by atoms with Crippen molar-refractivity contribution in [2.75, 3.05) is 33.9 Å². The second kappa shape index (κ2) is 7.88. The Kier molecular flexibility index (Phi) is 6.13. The highest BCUT2D eigenvalue weighted by Gasteiger charge is 2.29. The van der Waals surface area contributed by atoms with Crippen LogP contribution in [0.3, 0.4) is 0 Å². The van der Waals surface area contributed by atoms with E-state index in [9.17, 15) is 4.79 Å². The lowest BCUT2D eigenvalue weighted by atomic mass is 9.94. The van der Waals surface area contributed by atoms with E-state index in [0.717, 1.165) is 50.4 Å². The van der Waals surface area contributed by atoms with Gasteiger partial charge in [-0.2, -0.15) is 0 Å². The van der Waals surface area contributed by atoms with Gasteiger partial charge in [-0.05, 0) is 49.1 Å². The molecule has 2 aliphatic rings. The van der Waals surface area contributed by atoms with Gasteiger partial charge in [0.2, 0.25) is 5.91 Å². The molecule has 1 N–H and O–H groups in total. The smallest absolute Gasteiger partial charge is 0.227 e. The van der Waals surface area contributed by atoms with E-state index in [1.165, 1.54) is 11.1 Å². The molecule has 0 aromatic heterocycles. The molecule has 1 amide bonds. The van der Waals surface area contributed by atoms with Gasteiger partial charge in [-0.3, -0.25) is 4.79 Å². The monoisotopic (exact) mass is 340 g/mol. The van der Waals surface area contributed by atoms with Gasteiger partial charge in [0.1, 0.15) is 0 Å². The molecule has 0 radical (unpaired) electrons. The van der Waals surface area contributed by atoms with E-state index in [2.05, 4.69) is 5.32 Å². The van der Waals surface area contributed by atoms with Crippen LogP contribution in [0.25, 0.3) is 0 Å². The summed E-state index contributed by atoms with van der Waals surface area (Å²) in [6.45, 7) is 3.31. The summed E-state index contributed by atoms with van der Waals surface area (Å²) in [5, 5.41) is 3.32. The predicted molar refractivity (Wildman–Crippen MR) is 91.5 cm³/mol. The highest BCUT2D eigenvalue weighted by molar-refractivity contribution is 5.85. The number of hydrogen-bond acceptors (Lipinski definition) is 4. The van der Waals surface area contributed by atoms with Gasteiger partial charge in [0.25, 0.3) is 0 Å². The molecule has 1 aromatic rings. The number of carbonyl (C=O) groups excluding carboxylic acids is 1. The minimum absolute atomic E-state index is 0. The summed E-state index contributed by atoms with van der Waals surface area (Å²) >= 11 is 0. The summed E-state index contributed by atoms with van der Waals surface area (Å²) in [6.07, 6.45) is 2.97. The number of rotatable bonds is 3. The quantitative estimate of drug-likeness (QED) is 0.914. The molecule has 5 nitrogen and oxygen atoms in total. The highest BCUT2D eigenvalue weighted by Crippen LogP contribution is 2.33. The first-order valence-electron chi connectivity index (χ1n) is 7.96. The number of ether oxygens (including phenoxy) is 2. The average Bonchev–Trinajstić information content (AvgIpc) is 2.60. The lowest BCUT2D eigenvalue weighted by Crippen LogP contribution is -2.44. The highest BCUT2D eigenvalue weighted by atomic mass is 35.5. The lowest BCUT2D eigenvalue weighted by molar-refractivity contribution is -0.137. The fourth-order valence-corrected chi connectivity index (χ4v) is 3.39. The van der Waals surface area contributed by atoms with E-state index in [0.29, 0.717) is 6.54 Å². The van der Waals surface area contributed by atoms with Gasteiger partial charge in [0, 0.05) is 19.6 Å². The first-order chi connectivity index (χ1) is 10.7. The van der Waals surface area contributed by atoms with Crippen molar-refractivity contribution in [1.29, 1.82) is 0 Å². The minimum atomic E-state index is 0. The van der Waals surface area contributed by atoms with Crippen LogP contribution in [0.2, 0.25) is 0 Å². The summed E-state index contributed by atoms with van der Waals surface area (Å²) < 4.78 is 10.7. The third-order valence-corrected chi connectivity index (χ3v) is 4.68. The normalized spacial score (nSPS) is 20.3. The molecule has 3 rings (SSSR count). The van der Waals surface area contributed by atoms with Crippen molar-refractivity contribution in [2.24, 2.45) is 5.92 Å². The number of nitrogens with one attached hydrogen (secondary N) is 1. The van der Waals surface area contributed by atoms with E-state index in [4.69, 9.17) is 9.47 Å². The number of carbonyl (C=O) groups is 1. The van der Waals surface area contributed by atoms with Gasteiger partial charge in [-0.25, -0.2) is 0 Å². The molecule has 1 unspecified atom stereocenters. The summed E-state index contributed by atoms with van der Waals surface area (Å²) in [5.41, 5.74) is 2.42. The standard InChI is InChI=1S/C17H24N2O3.ClH/c1-21-15-8-12-5-7-19(11-14(12)9-16(15)22-2)17(20)13-4-3-6-18-10-13;/h8-9,13,18H,3-7,10-11H2,1-2H3;1H. The Labute approximate surface area is 143 Å². The van der Waals surface area contributed by atoms with E-state index >= 15 is 0 Å². The molecule has 23 heavy (non-hydrogen) atoms. The Morgan fingerprint density at radius 1 is 1.22 bits per heavy atom. The second-order valence-corrected chi connectivity index (χ2v) is 6.03. The van der Waals surface area contributed by atoms with Crippen molar-refractivity contribution >= 4 is 18.3 Å². The molecule has 0 saturated carbocycles. The van der Waals surface area contributed by atoms with Crippen LogP contribution in [-0.4, -0.2) is 44.7 Å². The second-order valence-electron chi connectivity index (χ2n) is 6.03. The zero-order chi connectivity index (χ0) is 15.5. The number of fused-ring (bicyclic) bond motifs is 1. The molecule has 0 spiro atoms. The van der Waals surface area contributed by atoms with Crippen LogP contribution in [0.5, 0.6) is 11.5 Å². The SMILES string of the molecule is COc1cc2c(cc1OC)CN(C(=O)C1CCCNC1)CC2.Cl. The first kappa shape index (κ1) is 17.9. The molecule has 1 fully saturated rings. The van der Waals surface area contributed by atoms with Crippen LogP contribution < -0.4 is 14.8 Å². The first-order valence-corrected chi connectivity index (χ1v) is 7.96. The van der Waals surface area contributed by atoms with Crippen LogP contribution in [0.4, 0.5) is 0 Å². The lowest BCUT2D eigenvalue weighted by Gasteiger charge is -2.33. The Balaban J connectivity index is 0.00000192. The van der Waals surface area contributed by atoms with Crippen molar-refractivity contribution in [2.45, 2.75) is 25.8 Å². The van der Waals surface area contributed by atoms with Crippen LogP contribution in [0, 0.1) is 5.92 Å². The molecule has 2 heterocycles. The van der Waals surface area contributed by atoms with Gasteiger partial charge in [-0.1, -0.05) is 0 Å². The van der Waals surface area contributed by atoms with Gasteiger partial charge < -0.3 is 19.7 Å². The number of nitrogens with zero attached hydrogens (tertiary/aromatic N) is 1. The number of benzene rings is 1. The van der Waals surface area contributed by atoms with Crippen LogP contribution in [0.15, 0.2) is 12.1 Å². The van der Waals surface area contributed by atoms with E-state index in [1.807, 2.05) is 17.0 Å². The molecule has 1 saturated heterocycles. The molecule has 1 atom stereocenters. The largest absolute Gasteiger partial charge is 0.493 e. The van der Waals surface area contributed by atoms with Crippen LogP contribution >= 0.6 is 12.4 Å². The fraction of sp³-hybridized carbons (Fsp3) is 0.588. The molecule has 128 valence electrons. The zero-order valence-electron chi connectivity index (χ0n) is 13.8. The Hall–Kier alpha value is -1.46. The third kappa shape index (κ3) is 3.72. The van der Waals surface area contributed by atoms with E-state index < -0.39 is 0 Å². The van der Waals surface area contributed by atoms with E-state index in [1.54, 1.807) is 14.2 Å². The van der Waals surface area contributed by atoms with Gasteiger partial charge in [0.05, 0.1) is 20.1 Å². The zero-order valence-corrected chi connectivity index (χ0v) is 14.6. The molecular weight excluding hydrogens is 316 g/mol. The van der Waals surface area contributed by atoms with Gasteiger partial charge >= 0.3 is 0 Å². The van der Waals surface area contributed by atoms with Crippen molar-refractivity contribution in [1.82, 2.24) is 10.2 Å². The Bertz CT molecular complexity index is 559. The van der Waals surface area contributed by atoms with Crippen LogP contribution in [-0.2, 0) is 17.8 Å². The Morgan fingerprint density at radius 2 is 1.91 bits per heavy atom. The molecular formula is C17H25ClN2O3. The maximum atomic E-state index is 12.7. The van der Waals surface area contributed by atoms with Crippen molar-refractivity contribution < 1.29 is 14.3 Å². The number of piperidine rings is 1. The molecule has 0 aliphatic carbocycles. The summed E-state index contributed by atoms with van der Waals surface area (Å²) in [5.74, 6) is 1.91. The summed E-state index contributed by atoms with van der Waals surface area (Å²) in [6, 6.07) is 4.05. The summed E-state index contributed by atoms with van der Waals surface area (Å²) in [4.78, 5) is 14.7. The number of methoxy groups -OCH3 is 2. The number of hydrogen-bond donors (Lipinski definition) is 1. The molecule has 1 aromatic carbocycles. The maximum absolute atomic E-state index is 12.7. The predicted octanol–water partition coefficient (Wildman–Crippen LogP) is 2.01. The fourth-order valence-electron chi connectivity index (χ4n) is 3.39. The average molecular weight is 341 g/mol. The van der Waals surface area contributed by atoms with Crippen molar-refractivity contribution in [3.05, 3.63) is 23.3 Å². The van der Waals surface area contributed by atoms with Crippen LogP contribution in [0.1, 0.15) is 24.0 Å². The Morgan fingerprint density at radius 3 is 2.52 bits per heavy atom. The van der Waals surface area contributed by atoms with Gasteiger partial charge in [-0.15, -0.1) is 12.4 Å². The van der Waals surface area contributed by atoms with E-state index in [-0.39, 0.29) is 24.2 Å². The molecule has 2 aliphatic heterocycles. The minimum Gasteiger partial charge on any atom is -0.493 e. The number of halogens is 1. The molecule has 0 bridgehead atoms. The summed E-state index contributed by atoms with van der Waals surface area (Å²) in [7, 11) is 3.29. The van der Waals surface area contributed by atoms with Crippen molar-refractivity contribution in [3.63, 3.8) is 0 Å². The topological polar surface area (TPSA) is 50.8 Å².